The van der Waals surface area contributed by atoms with Crippen molar-refractivity contribution in [1.29, 1.82) is 0 Å². The molecule has 0 radical (unpaired) electrons. The van der Waals surface area contributed by atoms with E-state index in [1.54, 1.807) is 0 Å². The Morgan fingerprint density at radius 2 is 1.89 bits per heavy atom. The third-order valence-electron chi connectivity index (χ3n) is 3.25. The third kappa shape index (κ3) is 3.40. The molecule has 0 bridgehead atoms. The Kier molecular flexibility index (Phi) is 4.14. The Labute approximate surface area is 108 Å². The van der Waals surface area contributed by atoms with Crippen LogP contribution in [0.2, 0.25) is 0 Å². The van der Waals surface area contributed by atoms with E-state index in [1.807, 2.05) is 26.2 Å². The normalized spacial score (nSPS) is 16.3. The zero-order valence-corrected chi connectivity index (χ0v) is 11.2. The topological polar surface area (TPSA) is 61.3 Å². The lowest BCUT2D eigenvalue weighted by Crippen LogP contribution is -2.42. The Morgan fingerprint density at radius 1 is 1.28 bits per heavy atom. The standard InChI is InChI=1S/C13H22N4O/c1-13(2,10-18)16-9-11-7-14-12(15-8-11)17-5-3-4-6-17/h7-8,16,18H,3-6,9-10H2,1-2H3. The number of hydrogen-bond acceptors (Lipinski definition) is 5. The zero-order valence-electron chi connectivity index (χ0n) is 11.2. The molecular weight excluding hydrogens is 228 g/mol. The fourth-order valence-corrected chi connectivity index (χ4v) is 1.92. The molecule has 1 aromatic heterocycles. The van der Waals surface area contributed by atoms with Crippen LogP contribution in [0, 0.1) is 0 Å². The summed E-state index contributed by atoms with van der Waals surface area (Å²) in [5, 5.41) is 12.4. The highest BCUT2D eigenvalue weighted by Gasteiger charge is 2.16. The highest BCUT2D eigenvalue weighted by atomic mass is 16.3. The minimum absolute atomic E-state index is 0.111. The molecule has 1 saturated heterocycles. The van der Waals surface area contributed by atoms with E-state index in [4.69, 9.17) is 5.11 Å². The molecule has 18 heavy (non-hydrogen) atoms. The molecular formula is C13H22N4O. The van der Waals surface area contributed by atoms with Gasteiger partial charge in [0.25, 0.3) is 0 Å². The van der Waals surface area contributed by atoms with Gasteiger partial charge in [0, 0.05) is 43.1 Å². The first kappa shape index (κ1) is 13.2. The fourth-order valence-electron chi connectivity index (χ4n) is 1.92. The molecule has 100 valence electrons. The lowest BCUT2D eigenvalue weighted by molar-refractivity contribution is 0.187. The van der Waals surface area contributed by atoms with Crippen LogP contribution in [-0.4, -0.2) is 40.3 Å². The number of nitrogens with one attached hydrogen (secondary N) is 1. The molecule has 1 aliphatic rings. The van der Waals surface area contributed by atoms with Gasteiger partial charge in [0.1, 0.15) is 0 Å². The van der Waals surface area contributed by atoms with Crippen molar-refractivity contribution in [1.82, 2.24) is 15.3 Å². The second kappa shape index (κ2) is 5.63. The van der Waals surface area contributed by atoms with Crippen LogP contribution in [0.5, 0.6) is 0 Å². The molecule has 0 atom stereocenters. The van der Waals surface area contributed by atoms with Crippen molar-refractivity contribution in [3.8, 4) is 0 Å². The average Bonchev–Trinajstić information content (AvgIpc) is 2.91. The van der Waals surface area contributed by atoms with Crippen molar-refractivity contribution in [3.05, 3.63) is 18.0 Å². The molecule has 0 spiro atoms. The van der Waals surface area contributed by atoms with Crippen molar-refractivity contribution < 1.29 is 5.11 Å². The van der Waals surface area contributed by atoms with Crippen molar-refractivity contribution in [3.63, 3.8) is 0 Å². The van der Waals surface area contributed by atoms with Crippen molar-refractivity contribution in [2.75, 3.05) is 24.6 Å². The quantitative estimate of drug-likeness (QED) is 0.814. The molecule has 0 amide bonds. The smallest absolute Gasteiger partial charge is 0.225 e. The summed E-state index contributed by atoms with van der Waals surface area (Å²) in [4.78, 5) is 11.0. The maximum absolute atomic E-state index is 9.16. The van der Waals surface area contributed by atoms with E-state index in [1.165, 1.54) is 12.8 Å². The molecule has 2 N–H and O–H groups in total. The fraction of sp³-hybridized carbons (Fsp3) is 0.692. The molecule has 5 heteroatoms. The molecule has 1 fully saturated rings. The van der Waals surface area contributed by atoms with Gasteiger partial charge in [0.15, 0.2) is 0 Å². The second-order valence-electron chi connectivity index (χ2n) is 5.48. The van der Waals surface area contributed by atoms with Crippen LogP contribution in [0.25, 0.3) is 0 Å². The van der Waals surface area contributed by atoms with Gasteiger partial charge in [-0.15, -0.1) is 0 Å². The zero-order chi connectivity index (χ0) is 13.0. The van der Waals surface area contributed by atoms with E-state index < -0.39 is 0 Å². The van der Waals surface area contributed by atoms with E-state index >= 15 is 0 Å². The Bertz CT molecular complexity index is 371. The van der Waals surface area contributed by atoms with Gasteiger partial charge in [-0.3, -0.25) is 0 Å². The molecule has 2 heterocycles. The molecule has 1 aliphatic heterocycles. The predicted molar refractivity (Wildman–Crippen MR) is 71.5 cm³/mol. The lowest BCUT2D eigenvalue weighted by atomic mass is 10.1. The first-order chi connectivity index (χ1) is 8.61. The summed E-state index contributed by atoms with van der Waals surface area (Å²) in [6.45, 7) is 6.84. The van der Waals surface area contributed by atoms with Gasteiger partial charge in [0.05, 0.1) is 6.61 Å². The van der Waals surface area contributed by atoms with Gasteiger partial charge in [-0.25, -0.2) is 9.97 Å². The molecule has 0 aliphatic carbocycles. The molecule has 5 nitrogen and oxygen atoms in total. The number of anilines is 1. The van der Waals surface area contributed by atoms with E-state index in [0.29, 0.717) is 6.54 Å². The van der Waals surface area contributed by atoms with Gasteiger partial charge in [-0.05, 0) is 26.7 Å². The molecule has 0 unspecified atom stereocenters. The van der Waals surface area contributed by atoms with Crippen LogP contribution in [0.3, 0.4) is 0 Å². The van der Waals surface area contributed by atoms with E-state index in [0.717, 1.165) is 24.6 Å². The van der Waals surface area contributed by atoms with Crippen LogP contribution >= 0.6 is 0 Å². The lowest BCUT2D eigenvalue weighted by Gasteiger charge is -2.23. The van der Waals surface area contributed by atoms with Crippen LogP contribution in [0.15, 0.2) is 12.4 Å². The Hall–Kier alpha value is -1.20. The highest BCUT2D eigenvalue weighted by Crippen LogP contribution is 2.14. The van der Waals surface area contributed by atoms with E-state index in [2.05, 4.69) is 20.2 Å². The van der Waals surface area contributed by atoms with Crippen molar-refractivity contribution >= 4 is 5.95 Å². The summed E-state index contributed by atoms with van der Waals surface area (Å²) in [7, 11) is 0. The number of hydrogen-bond donors (Lipinski definition) is 2. The van der Waals surface area contributed by atoms with Gasteiger partial charge in [-0.2, -0.15) is 0 Å². The maximum Gasteiger partial charge on any atom is 0.225 e. The minimum Gasteiger partial charge on any atom is -0.394 e. The van der Waals surface area contributed by atoms with Crippen LogP contribution < -0.4 is 10.2 Å². The van der Waals surface area contributed by atoms with Gasteiger partial charge < -0.3 is 15.3 Å². The van der Waals surface area contributed by atoms with E-state index in [9.17, 15) is 0 Å². The number of rotatable bonds is 5. The van der Waals surface area contributed by atoms with Crippen molar-refractivity contribution in [2.45, 2.75) is 38.8 Å². The second-order valence-corrected chi connectivity index (χ2v) is 5.48. The average molecular weight is 250 g/mol. The number of nitrogens with zero attached hydrogens (tertiary/aromatic N) is 3. The summed E-state index contributed by atoms with van der Waals surface area (Å²) in [6, 6.07) is 0. The molecule has 1 aromatic rings. The largest absolute Gasteiger partial charge is 0.394 e. The predicted octanol–water partition coefficient (Wildman–Crippen LogP) is 0.937. The SMILES string of the molecule is CC(C)(CO)NCc1cnc(N2CCCC2)nc1. The summed E-state index contributed by atoms with van der Waals surface area (Å²) >= 11 is 0. The van der Waals surface area contributed by atoms with Crippen LogP contribution in [0.4, 0.5) is 5.95 Å². The number of aromatic nitrogens is 2. The van der Waals surface area contributed by atoms with E-state index in [-0.39, 0.29) is 12.1 Å². The first-order valence-corrected chi connectivity index (χ1v) is 6.52. The Morgan fingerprint density at radius 3 is 2.44 bits per heavy atom. The van der Waals surface area contributed by atoms with Gasteiger partial charge in [-0.1, -0.05) is 0 Å². The van der Waals surface area contributed by atoms with Crippen molar-refractivity contribution in [2.24, 2.45) is 0 Å². The van der Waals surface area contributed by atoms with Gasteiger partial charge in [0.2, 0.25) is 5.95 Å². The Balaban J connectivity index is 1.91. The summed E-state index contributed by atoms with van der Waals surface area (Å²) in [6.07, 6.45) is 6.19. The highest BCUT2D eigenvalue weighted by molar-refractivity contribution is 5.30. The molecule has 0 aromatic carbocycles. The van der Waals surface area contributed by atoms with Gasteiger partial charge >= 0.3 is 0 Å². The third-order valence-corrected chi connectivity index (χ3v) is 3.25. The molecule has 2 rings (SSSR count). The number of aliphatic hydroxyl groups excluding tert-OH is 1. The summed E-state index contributed by atoms with van der Waals surface area (Å²) in [5.74, 6) is 0.831. The minimum atomic E-state index is -0.270. The summed E-state index contributed by atoms with van der Waals surface area (Å²) < 4.78 is 0. The summed E-state index contributed by atoms with van der Waals surface area (Å²) in [5.41, 5.74) is 0.771. The monoisotopic (exact) mass is 250 g/mol. The maximum atomic E-state index is 9.16. The van der Waals surface area contributed by atoms with Crippen LogP contribution in [-0.2, 0) is 6.54 Å². The van der Waals surface area contributed by atoms with Crippen LogP contribution in [0.1, 0.15) is 32.3 Å². The first-order valence-electron chi connectivity index (χ1n) is 6.52. The number of aliphatic hydroxyl groups is 1. The molecule has 0 saturated carbocycles.